The third-order valence-corrected chi connectivity index (χ3v) is 3.88. The van der Waals surface area contributed by atoms with Crippen LogP contribution in [-0.4, -0.2) is 42.7 Å². The molecular formula is C16H27N3O. The molecule has 0 bridgehead atoms. The number of aromatic nitrogens is 1. The molecule has 2 rings (SSSR count). The zero-order valence-electron chi connectivity index (χ0n) is 12.8. The summed E-state index contributed by atoms with van der Waals surface area (Å²) in [6.07, 6.45) is 5.87. The molecule has 0 amide bonds. The summed E-state index contributed by atoms with van der Waals surface area (Å²) in [4.78, 5) is 6.78. The summed E-state index contributed by atoms with van der Waals surface area (Å²) in [5.41, 5.74) is 1.23. The van der Waals surface area contributed by atoms with Crippen molar-refractivity contribution < 1.29 is 4.74 Å². The number of nitrogens with zero attached hydrogens (tertiary/aromatic N) is 2. The van der Waals surface area contributed by atoms with Crippen molar-refractivity contribution in [2.45, 2.75) is 39.2 Å². The van der Waals surface area contributed by atoms with Crippen molar-refractivity contribution in [3.05, 3.63) is 23.9 Å². The van der Waals surface area contributed by atoms with E-state index >= 15 is 0 Å². The molecule has 1 N–H and O–H groups in total. The molecule has 0 aliphatic carbocycles. The molecule has 1 aliphatic rings. The molecule has 1 fully saturated rings. The minimum absolute atomic E-state index is 0.340. The lowest BCUT2D eigenvalue weighted by Gasteiger charge is -2.26. The first-order valence-corrected chi connectivity index (χ1v) is 7.84. The molecule has 0 spiro atoms. The normalized spacial score (nSPS) is 17.9. The predicted molar refractivity (Wildman–Crippen MR) is 82.1 cm³/mol. The van der Waals surface area contributed by atoms with Gasteiger partial charge in [0.1, 0.15) is 6.61 Å². The summed E-state index contributed by atoms with van der Waals surface area (Å²) in [7, 11) is 0. The Morgan fingerprint density at radius 3 is 2.90 bits per heavy atom. The Labute approximate surface area is 122 Å². The summed E-state index contributed by atoms with van der Waals surface area (Å²) in [5.74, 6) is 0.740. The second-order valence-corrected chi connectivity index (χ2v) is 5.46. The Morgan fingerprint density at radius 1 is 1.35 bits per heavy atom. The number of nitrogens with one attached hydrogen (secondary N) is 1. The van der Waals surface area contributed by atoms with Crippen LogP contribution in [0.2, 0.25) is 0 Å². The van der Waals surface area contributed by atoms with Gasteiger partial charge in [-0.15, -0.1) is 0 Å². The highest BCUT2D eigenvalue weighted by atomic mass is 16.5. The number of likely N-dealkylation sites (tertiary alicyclic amines) is 1. The van der Waals surface area contributed by atoms with E-state index in [0.29, 0.717) is 6.04 Å². The lowest BCUT2D eigenvalue weighted by atomic mass is 10.1. The minimum atomic E-state index is 0.340. The van der Waals surface area contributed by atoms with Crippen LogP contribution in [0.15, 0.2) is 18.3 Å². The Hall–Kier alpha value is -1.13. The molecule has 1 saturated heterocycles. The van der Waals surface area contributed by atoms with E-state index in [-0.39, 0.29) is 0 Å². The Bertz CT molecular complexity index is 391. The van der Waals surface area contributed by atoms with E-state index < -0.39 is 0 Å². The summed E-state index contributed by atoms with van der Waals surface area (Å²) in [6, 6.07) is 4.43. The average molecular weight is 277 g/mol. The van der Waals surface area contributed by atoms with E-state index in [4.69, 9.17) is 4.74 Å². The fourth-order valence-electron chi connectivity index (χ4n) is 2.66. The molecule has 1 unspecified atom stereocenters. The zero-order valence-corrected chi connectivity index (χ0v) is 12.8. The highest BCUT2D eigenvalue weighted by molar-refractivity contribution is 5.23. The van der Waals surface area contributed by atoms with Gasteiger partial charge in [-0.2, -0.15) is 0 Å². The Balaban J connectivity index is 1.78. The maximum Gasteiger partial charge on any atom is 0.213 e. The van der Waals surface area contributed by atoms with E-state index in [2.05, 4.69) is 29.0 Å². The van der Waals surface area contributed by atoms with Crippen LogP contribution in [0.1, 0.15) is 44.7 Å². The predicted octanol–water partition coefficient (Wildman–Crippen LogP) is 2.62. The van der Waals surface area contributed by atoms with Gasteiger partial charge in [-0.1, -0.05) is 13.3 Å². The molecule has 0 aromatic carbocycles. The lowest BCUT2D eigenvalue weighted by molar-refractivity contribution is 0.180. The quantitative estimate of drug-likeness (QED) is 0.831. The first kappa shape index (κ1) is 15.3. The van der Waals surface area contributed by atoms with Crippen molar-refractivity contribution in [1.29, 1.82) is 0 Å². The molecule has 1 aromatic rings. The fourth-order valence-corrected chi connectivity index (χ4v) is 2.66. The molecule has 4 nitrogen and oxygen atoms in total. The van der Waals surface area contributed by atoms with E-state index in [1.165, 1.54) is 37.9 Å². The molecule has 0 radical (unpaired) electrons. The monoisotopic (exact) mass is 277 g/mol. The second kappa shape index (κ2) is 8.22. The molecular weight excluding hydrogens is 250 g/mol. The highest BCUT2D eigenvalue weighted by Gasteiger charge is 2.10. The summed E-state index contributed by atoms with van der Waals surface area (Å²) in [5, 5.41) is 3.41. The van der Waals surface area contributed by atoms with Gasteiger partial charge in [0.05, 0.1) is 0 Å². The SMILES string of the molecule is CCNC(C)c1ccnc(OCCN2CCCCC2)c1. The maximum absolute atomic E-state index is 5.80. The smallest absolute Gasteiger partial charge is 0.213 e. The van der Waals surface area contributed by atoms with Gasteiger partial charge in [0.25, 0.3) is 0 Å². The van der Waals surface area contributed by atoms with Gasteiger partial charge in [0.15, 0.2) is 0 Å². The lowest BCUT2D eigenvalue weighted by Crippen LogP contribution is -2.33. The van der Waals surface area contributed by atoms with Crippen molar-refractivity contribution >= 4 is 0 Å². The minimum Gasteiger partial charge on any atom is -0.476 e. The number of rotatable bonds is 7. The van der Waals surface area contributed by atoms with Gasteiger partial charge in [-0.25, -0.2) is 4.98 Å². The van der Waals surface area contributed by atoms with Crippen LogP contribution in [0.4, 0.5) is 0 Å². The average Bonchev–Trinajstić information content (AvgIpc) is 2.49. The molecule has 1 aromatic heterocycles. The van der Waals surface area contributed by atoms with Gasteiger partial charge in [-0.05, 0) is 51.0 Å². The van der Waals surface area contributed by atoms with Crippen LogP contribution < -0.4 is 10.1 Å². The van der Waals surface area contributed by atoms with E-state index in [9.17, 15) is 0 Å². The van der Waals surface area contributed by atoms with Crippen LogP contribution >= 0.6 is 0 Å². The first-order chi connectivity index (χ1) is 9.79. The third-order valence-electron chi connectivity index (χ3n) is 3.88. The van der Waals surface area contributed by atoms with Crippen LogP contribution in [0.5, 0.6) is 5.88 Å². The topological polar surface area (TPSA) is 37.4 Å². The largest absolute Gasteiger partial charge is 0.476 e. The zero-order chi connectivity index (χ0) is 14.2. The highest BCUT2D eigenvalue weighted by Crippen LogP contribution is 2.16. The standard InChI is InChI=1S/C16H27N3O/c1-3-17-14(2)15-7-8-18-16(13-15)20-12-11-19-9-5-4-6-10-19/h7-8,13-14,17H,3-6,9-12H2,1-2H3. The number of hydrogen-bond donors (Lipinski definition) is 1. The van der Waals surface area contributed by atoms with Gasteiger partial charge in [0, 0.05) is 24.8 Å². The number of pyridine rings is 1. The number of ether oxygens (including phenoxy) is 1. The van der Waals surface area contributed by atoms with Crippen LogP contribution in [0, 0.1) is 0 Å². The van der Waals surface area contributed by atoms with Crippen LogP contribution in [0.25, 0.3) is 0 Å². The maximum atomic E-state index is 5.80. The molecule has 4 heteroatoms. The fraction of sp³-hybridized carbons (Fsp3) is 0.688. The second-order valence-electron chi connectivity index (χ2n) is 5.46. The van der Waals surface area contributed by atoms with Gasteiger partial charge in [0.2, 0.25) is 5.88 Å². The summed E-state index contributed by atoms with van der Waals surface area (Å²) in [6.45, 7) is 9.42. The number of piperidine rings is 1. The Morgan fingerprint density at radius 2 is 2.15 bits per heavy atom. The third kappa shape index (κ3) is 4.76. The Kier molecular flexibility index (Phi) is 6.27. The van der Waals surface area contributed by atoms with E-state index in [0.717, 1.165) is 25.6 Å². The van der Waals surface area contributed by atoms with Gasteiger partial charge >= 0.3 is 0 Å². The molecule has 1 atom stereocenters. The van der Waals surface area contributed by atoms with Crippen molar-refractivity contribution in [2.24, 2.45) is 0 Å². The van der Waals surface area contributed by atoms with Crippen molar-refractivity contribution in [3.8, 4) is 5.88 Å². The van der Waals surface area contributed by atoms with Gasteiger partial charge in [-0.3, -0.25) is 4.90 Å². The van der Waals surface area contributed by atoms with E-state index in [1.54, 1.807) is 0 Å². The van der Waals surface area contributed by atoms with Crippen molar-refractivity contribution in [1.82, 2.24) is 15.2 Å². The molecule has 112 valence electrons. The van der Waals surface area contributed by atoms with Crippen molar-refractivity contribution in [2.75, 3.05) is 32.8 Å². The van der Waals surface area contributed by atoms with Crippen LogP contribution in [-0.2, 0) is 0 Å². The molecule has 20 heavy (non-hydrogen) atoms. The molecule has 0 saturated carbocycles. The molecule has 2 heterocycles. The van der Waals surface area contributed by atoms with Crippen molar-refractivity contribution in [3.63, 3.8) is 0 Å². The molecule has 1 aliphatic heterocycles. The summed E-state index contributed by atoms with van der Waals surface area (Å²) < 4.78 is 5.80. The summed E-state index contributed by atoms with van der Waals surface area (Å²) >= 11 is 0. The first-order valence-electron chi connectivity index (χ1n) is 7.84. The number of hydrogen-bond acceptors (Lipinski definition) is 4. The van der Waals surface area contributed by atoms with Crippen LogP contribution in [0.3, 0.4) is 0 Å². The van der Waals surface area contributed by atoms with E-state index in [1.807, 2.05) is 18.3 Å². The van der Waals surface area contributed by atoms with Gasteiger partial charge < -0.3 is 10.1 Å².